The Balaban J connectivity index is 1.45. The van der Waals surface area contributed by atoms with E-state index in [9.17, 15) is 4.79 Å². The number of morpholine rings is 1. The SMILES string of the molecule is CC(C)(C)c1ccccc1OCCNC(=O)c1ccc(CN2CCOCC2)cc1. The molecular weight excluding hydrogens is 364 g/mol. The fourth-order valence-corrected chi connectivity index (χ4v) is 3.42. The van der Waals surface area contributed by atoms with Crippen LogP contribution in [-0.4, -0.2) is 50.3 Å². The van der Waals surface area contributed by atoms with Crippen LogP contribution in [0.3, 0.4) is 0 Å². The standard InChI is InChI=1S/C24H32N2O3/c1-24(2,3)21-6-4-5-7-22(21)29-15-12-25-23(27)20-10-8-19(9-11-20)18-26-13-16-28-17-14-26/h4-11H,12-18H2,1-3H3,(H,25,27). The minimum absolute atomic E-state index is 0.0167. The van der Waals surface area contributed by atoms with E-state index in [0.717, 1.165) is 38.6 Å². The Kier molecular flexibility index (Phi) is 7.29. The van der Waals surface area contributed by atoms with Crippen molar-refractivity contribution in [1.29, 1.82) is 0 Å². The molecule has 0 aromatic heterocycles. The number of hydrogen-bond acceptors (Lipinski definition) is 4. The topological polar surface area (TPSA) is 50.8 Å². The predicted molar refractivity (Wildman–Crippen MR) is 116 cm³/mol. The van der Waals surface area contributed by atoms with E-state index in [-0.39, 0.29) is 11.3 Å². The molecule has 1 N–H and O–H groups in total. The van der Waals surface area contributed by atoms with Crippen LogP contribution >= 0.6 is 0 Å². The first-order valence-corrected chi connectivity index (χ1v) is 10.3. The fraction of sp³-hybridized carbons (Fsp3) is 0.458. The molecule has 1 aliphatic rings. The van der Waals surface area contributed by atoms with Crippen molar-refractivity contribution in [2.45, 2.75) is 32.7 Å². The summed E-state index contributed by atoms with van der Waals surface area (Å²) >= 11 is 0. The van der Waals surface area contributed by atoms with Crippen molar-refractivity contribution in [3.63, 3.8) is 0 Å². The summed E-state index contributed by atoms with van der Waals surface area (Å²) in [6, 6.07) is 15.9. The molecule has 0 saturated carbocycles. The first-order chi connectivity index (χ1) is 13.9. The van der Waals surface area contributed by atoms with E-state index in [1.807, 2.05) is 42.5 Å². The molecule has 1 heterocycles. The Morgan fingerprint density at radius 2 is 1.76 bits per heavy atom. The molecular formula is C24H32N2O3. The maximum absolute atomic E-state index is 12.4. The second-order valence-corrected chi connectivity index (χ2v) is 8.44. The van der Waals surface area contributed by atoms with Gasteiger partial charge in [-0.25, -0.2) is 0 Å². The monoisotopic (exact) mass is 396 g/mol. The van der Waals surface area contributed by atoms with Gasteiger partial charge in [0, 0.05) is 25.2 Å². The quantitative estimate of drug-likeness (QED) is 0.726. The molecule has 5 heteroatoms. The number of amides is 1. The van der Waals surface area contributed by atoms with Crippen LogP contribution < -0.4 is 10.1 Å². The third-order valence-electron chi connectivity index (χ3n) is 5.07. The van der Waals surface area contributed by atoms with Crippen molar-refractivity contribution in [3.05, 3.63) is 65.2 Å². The van der Waals surface area contributed by atoms with Crippen LogP contribution in [0.2, 0.25) is 0 Å². The van der Waals surface area contributed by atoms with Gasteiger partial charge < -0.3 is 14.8 Å². The van der Waals surface area contributed by atoms with Crippen LogP contribution in [-0.2, 0) is 16.7 Å². The molecule has 5 nitrogen and oxygen atoms in total. The van der Waals surface area contributed by atoms with Gasteiger partial charge in [0.05, 0.1) is 19.8 Å². The highest BCUT2D eigenvalue weighted by Gasteiger charge is 2.18. The first kappa shape index (κ1) is 21.3. The van der Waals surface area contributed by atoms with Gasteiger partial charge in [-0.05, 0) is 34.7 Å². The van der Waals surface area contributed by atoms with Crippen LogP contribution in [0.15, 0.2) is 48.5 Å². The van der Waals surface area contributed by atoms with Crippen LogP contribution in [0.4, 0.5) is 0 Å². The van der Waals surface area contributed by atoms with Crippen molar-refractivity contribution in [1.82, 2.24) is 10.2 Å². The summed E-state index contributed by atoms with van der Waals surface area (Å²) in [6.07, 6.45) is 0. The highest BCUT2D eigenvalue weighted by molar-refractivity contribution is 5.94. The molecule has 1 saturated heterocycles. The smallest absolute Gasteiger partial charge is 0.251 e. The van der Waals surface area contributed by atoms with Gasteiger partial charge in [-0.2, -0.15) is 0 Å². The number of nitrogens with zero attached hydrogens (tertiary/aromatic N) is 1. The molecule has 0 atom stereocenters. The molecule has 156 valence electrons. The van der Waals surface area contributed by atoms with E-state index in [2.05, 4.69) is 37.1 Å². The number of benzene rings is 2. The molecule has 3 rings (SSSR count). The lowest BCUT2D eigenvalue weighted by Crippen LogP contribution is -2.35. The Labute approximate surface area is 174 Å². The van der Waals surface area contributed by atoms with Crippen LogP contribution in [0.25, 0.3) is 0 Å². The average molecular weight is 397 g/mol. The van der Waals surface area contributed by atoms with Crippen molar-refractivity contribution in [2.75, 3.05) is 39.5 Å². The molecule has 29 heavy (non-hydrogen) atoms. The highest BCUT2D eigenvalue weighted by atomic mass is 16.5. The third kappa shape index (κ3) is 6.31. The molecule has 0 spiro atoms. The van der Waals surface area contributed by atoms with Gasteiger partial charge in [-0.1, -0.05) is 51.1 Å². The summed E-state index contributed by atoms with van der Waals surface area (Å²) in [4.78, 5) is 14.8. The lowest BCUT2D eigenvalue weighted by atomic mass is 9.86. The Hall–Kier alpha value is -2.37. The Morgan fingerprint density at radius 3 is 2.45 bits per heavy atom. The molecule has 1 aliphatic heterocycles. The van der Waals surface area contributed by atoms with Crippen molar-refractivity contribution in [2.24, 2.45) is 0 Å². The normalized spacial score (nSPS) is 15.1. The molecule has 2 aromatic rings. The second-order valence-electron chi connectivity index (χ2n) is 8.44. The van der Waals surface area contributed by atoms with Crippen molar-refractivity contribution in [3.8, 4) is 5.75 Å². The van der Waals surface area contributed by atoms with E-state index < -0.39 is 0 Å². The van der Waals surface area contributed by atoms with Gasteiger partial charge in [-0.3, -0.25) is 9.69 Å². The van der Waals surface area contributed by atoms with Crippen LogP contribution in [0.5, 0.6) is 5.75 Å². The Bertz CT molecular complexity index is 791. The van der Waals surface area contributed by atoms with Crippen molar-refractivity contribution < 1.29 is 14.3 Å². The molecule has 1 amide bonds. The number of carbonyl (C=O) groups is 1. The summed E-state index contributed by atoms with van der Waals surface area (Å²) in [5.41, 5.74) is 3.07. The fourth-order valence-electron chi connectivity index (χ4n) is 3.42. The summed E-state index contributed by atoms with van der Waals surface area (Å²) in [7, 11) is 0. The van der Waals surface area contributed by atoms with E-state index in [1.165, 1.54) is 11.1 Å². The molecule has 1 fully saturated rings. The van der Waals surface area contributed by atoms with E-state index in [4.69, 9.17) is 9.47 Å². The van der Waals surface area contributed by atoms with Gasteiger partial charge >= 0.3 is 0 Å². The molecule has 0 unspecified atom stereocenters. The largest absolute Gasteiger partial charge is 0.491 e. The number of hydrogen-bond donors (Lipinski definition) is 1. The molecule has 0 aliphatic carbocycles. The lowest BCUT2D eigenvalue weighted by Gasteiger charge is -2.26. The minimum atomic E-state index is -0.0735. The zero-order chi connectivity index (χ0) is 20.7. The van der Waals surface area contributed by atoms with Gasteiger partial charge in [0.2, 0.25) is 0 Å². The maximum Gasteiger partial charge on any atom is 0.251 e. The molecule has 2 aromatic carbocycles. The second kappa shape index (κ2) is 9.90. The molecule has 0 bridgehead atoms. The number of carbonyl (C=O) groups excluding carboxylic acids is 1. The zero-order valence-electron chi connectivity index (χ0n) is 17.7. The number of nitrogens with one attached hydrogen (secondary N) is 1. The summed E-state index contributed by atoms with van der Waals surface area (Å²) in [5.74, 6) is 0.803. The van der Waals surface area contributed by atoms with Gasteiger partial charge in [0.15, 0.2) is 0 Å². The van der Waals surface area contributed by atoms with E-state index in [0.29, 0.717) is 18.7 Å². The van der Waals surface area contributed by atoms with Gasteiger partial charge in [0.1, 0.15) is 12.4 Å². The molecule has 0 radical (unpaired) electrons. The number of rotatable bonds is 7. The third-order valence-corrected chi connectivity index (χ3v) is 5.07. The van der Waals surface area contributed by atoms with Gasteiger partial charge in [-0.15, -0.1) is 0 Å². The minimum Gasteiger partial charge on any atom is -0.491 e. The maximum atomic E-state index is 12.4. The van der Waals surface area contributed by atoms with Gasteiger partial charge in [0.25, 0.3) is 5.91 Å². The predicted octanol–water partition coefficient (Wildman–Crippen LogP) is 3.63. The summed E-state index contributed by atoms with van der Waals surface area (Å²) in [5, 5.41) is 2.94. The zero-order valence-corrected chi connectivity index (χ0v) is 17.7. The van der Waals surface area contributed by atoms with E-state index >= 15 is 0 Å². The highest BCUT2D eigenvalue weighted by Crippen LogP contribution is 2.30. The average Bonchev–Trinajstić information content (AvgIpc) is 2.72. The van der Waals surface area contributed by atoms with E-state index in [1.54, 1.807) is 0 Å². The van der Waals surface area contributed by atoms with Crippen molar-refractivity contribution >= 4 is 5.91 Å². The lowest BCUT2D eigenvalue weighted by molar-refractivity contribution is 0.0342. The van der Waals surface area contributed by atoms with Crippen LogP contribution in [0, 0.1) is 0 Å². The summed E-state index contributed by atoms with van der Waals surface area (Å²) in [6.45, 7) is 11.8. The summed E-state index contributed by atoms with van der Waals surface area (Å²) < 4.78 is 11.3. The number of ether oxygens (including phenoxy) is 2. The van der Waals surface area contributed by atoms with Crippen LogP contribution in [0.1, 0.15) is 42.3 Å². The Morgan fingerprint density at radius 1 is 1.07 bits per heavy atom. The first-order valence-electron chi connectivity index (χ1n) is 10.3. The number of para-hydroxylation sites is 1.